The highest BCUT2D eigenvalue weighted by molar-refractivity contribution is 5.81. The average molecular weight is 340 g/mol. The van der Waals surface area contributed by atoms with Crippen LogP contribution in [0.25, 0.3) is 11.0 Å². The van der Waals surface area contributed by atoms with Crippen molar-refractivity contribution in [3.05, 3.63) is 64.8 Å². The van der Waals surface area contributed by atoms with E-state index in [1.165, 1.54) is 14.0 Å². The maximum atomic E-state index is 12.7. The maximum absolute atomic E-state index is 12.7. The second-order valence-electron chi connectivity index (χ2n) is 5.82. The molecule has 0 atom stereocenters. The van der Waals surface area contributed by atoms with E-state index in [4.69, 9.17) is 0 Å². The Morgan fingerprint density at radius 3 is 2.64 bits per heavy atom. The van der Waals surface area contributed by atoms with Crippen LogP contribution in [0.1, 0.15) is 5.56 Å². The van der Waals surface area contributed by atoms with Gasteiger partial charge in [0.15, 0.2) is 0 Å². The molecule has 0 aliphatic heterocycles. The number of aliphatic hydroxyl groups is 1. The predicted molar refractivity (Wildman–Crippen MR) is 93.9 cm³/mol. The molecule has 2 heterocycles. The molecule has 0 spiro atoms. The molecule has 1 amide bonds. The van der Waals surface area contributed by atoms with E-state index < -0.39 is 0 Å². The van der Waals surface area contributed by atoms with Crippen LogP contribution in [0.3, 0.4) is 0 Å². The van der Waals surface area contributed by atoms with Crippen molar-refractivity contribution in [2.75, 3.05) is 13.2 Å². The van der Waals surface area contributed by atoms with Gasteiger partial charge in [0.1, 0.15) is 6.54 Å². The van der Waals surface area contributed by atoms with Crippen molar-refractivity contribution in [1.29, 1.82) is 0 Å². The summed E-state index contributed by atoms with van der Waals surface area (Å²) >= 11 is 0. The van der Waals surface area contributed by atoms with Crippen molar-refractivity contribution in [2.24, 2.45) is 7.05 Å². The number of para-hydroxylation sites is 2. The fraction of sp³-hybridized carbons (Fsp3) is 0.278. The first-order chi connectivity index (χ1) is 12.1. The zero-order valence-electron chi connectivity index (χ0n) is 14.0. The fourth-order valence-corrected chi connectivity index (χ4v) is 2.88. The Kier molecular flexibility index (Phi) is 4.95. The number of benzene rings is 1. The molecule has 3 aromatic rings. The Bertz CT molecular complexity index is 930. The number of fused-ring (bicyclic) bond motifs is 1. The smallest absolute Gasteiger partial charge is 0.329 e. The van der Waals surface area contributed by atoms with Crippen LogP contribution in [0, 0.1) is 0 Å². The Balaban J connectivity index is 1.87. The first-order valence-corrected chi connectivity index (χ1v) is 8.03. The minimum atomic E-state index is -0.236. The van der Waals surface area contributed by atoms with Crippen LogP contribution in [0.5, 0.6) is 0 Å². The number of rotatable bonds is 6. The van der Waals surface area contributed by atoms with E-state index in [9.17, 15) is 14.7 Å². The molecule has 0 bridgehead atoms. The summed E-state index contributed by atoms with van der Waals surface area (Å²) in [6, 6.07) is 11.0. The third-order valence-corrected chi connectivity index (χ3v) is 4.16. The number of imidazole rings is 1. The van der Waals surface area contributed by atoms with Gasteiger partial charge in [0, 0.05) is 32.5 Å². The van der Waals surface area contributed by atoms with Crippen LogP contribution in [0.2, 0.25) is 0 Å². The van der Waals surface area contributed by atoms with Gasteiger partial charge in [-0.1, -0.05) is 18.2 Å². The van der Waals surface area contributed by atoms with Gasteiger partial charge >= 0.3 is 5.69 Å². The molecule has 2 aromatic heterocycles. The van der Waals surface area contributed by atoms with Crippen molar-refractivity contribution >= 4 is 16.9 Å². The molecule has 7 heteroatoms. The van der Waals surface area contributed by atoms with Crippen LogP contribution in [-0.4, -0.2) is 43.2 Å². The maximum Gasteiger partial charge on any atom is 0.329 e. The van der Waals surface area contributed by atoms with E-state index in [0.717, 1.165) is 11.1 Å². The number of pyridine rings is 1. The van der Waals surface area contributed by atoms with Gasteiger partial charge in [-0.05, 0) is 23.8 Å². The SMILES string of the molecule is Cn1c(=O)n(CC(=O)N(CCO)Cc2cccnc2)c2ccccc21. The number of nitrogens with zero attached hydrogens (tertiary/aromatic N) is 4. The van der Waals surface area contributed by atoms with Gasteiger partial charge in [0.05, 0.1) is 17.6 Å². The summed E-state index contributed by atoms with van der Waals surface area (Å²) in [4.78, 5) is 30.8. The molecule has 3 rings (SSSR count). The highest BCUT2D eigenvalue weighted by Gasteiger charge is 2.18. The van der Waals surface area contributed by atoms with E-state index >= 15 is 0 Å². The Morgan fingerprint density at radius 1 is 1.20 bits per heavy atom. The van der Waals surface area contributed by atoms with Crippen molar-refractivity contribution in [1.82, 2.24) is 19.0 Å². The van der Waals surface area contributed by atoms with Gasteiger partial charge in [-0.3, -0.25) is 18.9 Å². The zero-order chi connectivity index (χ0) is 17.8. The highest BCUT2D eigenvalue weighted by Crippen LogP contribution is 2.12. The number of amides is 1. The third-order valence-electron chi connectivity index (χ3n) is 4.16. The van der Waals surface area contributed by atoms with E-state index in [0.29, 0.717) is 12.1 Å². The minimum Gasteiger partial charge on any atom is -0.395 e. The number of hydrogen-bond donors (Lipinski definition) is 1. The van der Waals surface area contributed by atoms with Crippen LogP contribution < -0.4 is 5.69 Å². The molecular weight excluding hydrogens is 320 g/mol. The standard InChI is InChI=1S/C18H20N4O3/c1-20-15-6-2-3-7-16(15)22(18(20)25)13-17(24)21(9-10-23)12-14-5-4-8-19-11-14/h2-8,11,23H,9-10,12-13H2,1H3. The number of hydrogen-bond acceptors (Lipinski definition) is 4. The first kappa shape index (κ1) is 16.9. The molecule has 0 fully saturated rings. The second-order valence-corrected chi connectivity index (χ2v) is 5.82. The van der Waals surface area contributed by atoms with Crippen molar-refractivity contribution in [3.8, 4) is 0 Å². The number of carbonyl (C=O) groups is 1. The molecule has 0 saturated carbocycles. The van der Waals surface area contributed by atoms with Crippen LogP contribution in [0.4, 0.5) is 0 Å². The lowest BCUT2D eigenvalue weighted by atomic mass is 10.2. The Hall–Kier alpha value is -2.93. The molecular formula is C18H20N4O3. The summed E-state index contributed by atoms with van der Waals surface area (Å²) in [7, 11) is 1.69. The van der Waals surface area contributed by atoms with Crippen molar-refractivity contribution in [2.45, 2.75) is 13.1 Å². The summed E-state index contributed by atoms with van der Waals surface area (Å²) in [5, 5.41) is 9.28. The lowest BCUT2D eigenvalue weighted by Gasteiger charge is -2.22. The zero-order valence-corrected chi connectivity index (χ0v) is 14.0. The quantitative estimate of drug-likeness (QED) is 0.718. The molecule has 130 valence electrons. The average Bonchev–Trinajstić information content (AvgIpc) is 2.87. The second kappa shape index (κ2) is 7.31. The molecule has 0 unspecified atom stereocenters. The van der Waals surface area contributed by atoms with Crippen LogP contribution in [-0.2, 0) is 24.9 Å². The van der Waals surface area contributed by atoms with Gasteiger partial charge in [-0.15, -0.1) is 0 Å². The molecule has 7 nitrogen and oxygen atoms in total. The van der Waals surface area contributed by atoms with Gasteiger partial charge in [0.2, 0.25) is 5.91 Å². The molecule has 25 heavy (non-hydrogen) atoms. The number of aliphatic hydroxyl groups excluding tert-OH is 1. The molecule has 1 N–H and O–H groups in total. The van der Waals surface area contributed by atoms with Gasteiger partial charge in [-0.25, -0.2) is 4.79 Å². The monoisotopic (exact) mass is 340 g/mol. The van der Waals surface area contributed by atoms with Crippen LogP contribution in [0.15, 0.2) is 53.6 Å². The van der Waals surface area contributed by atoms with E-state index in [2.05, 4.69) is 4.98 Å². The van der Waals surface area contributed by atoms with Crippen molar-refractivity contribution < 1.29 is 9.90 Å². The molecule has 0 saturated heterocycles. The summed E-state index contributed by atoms with van der Waals surface area (Å²) in [6.45, 7) is 0.330. The number of carbonyl (C=O) groups excluding carboxylic acids is 1. The van der Waals surface area contributed by atoms with Crippen LogP contribution >= 0.6 is 0 Å². The molecule has 0 radical (unpaired) electrons. The molecule has 1 aromatic carbocycles. The summed E-state index contributed by atoms with van der Waals surface area (Å²) in [5.74, 6) is -0.226. The molecule has 0 aliphatic carbocycles. The first-order valence-electron chi connectivity index (χ1n) is 8.03. The Labute approximate surface area is 144 Å². The summed E-state index contributed by atoms with van der Waals surface area (Å²) < 4.78 is 2.99. The topological polar surface area (TPSA) is 80.4 Å². The normalized spacial score (nSPS) is 11.0. The van der Waals surface area contributed by atoms with Crippen molar-refractivity contribution in [3.63, 3.8) is 0 Å². The molecule has 0 aliphatic rings. The van der Waals surface area contributed by atoms with Gasteiger partial charge in [-0.2, -0.15) is 0 Å². The lowest BCUT2D eigenvalue weighted by Crippen LogP contribution is -2.38. The predicted octanol–water partition coefficient (Wildman–Crippen LogP) is 0.756. The largest absolute Gasteiger partial charge is 0.395 e. The van der Waals surface area contributed by atoms with Gasteiger partial charge in [0.25, 0.3) is 0 Å². The lowest BCUT2D eigenvalue weighted by molar-refractivity contribution is -0.133. The van der Waals surface area contributed by atoms with E-state index in [1.807, 2.05) is 30.3 Å². The fourth-order valence-electron chi connectivity index (χ4n) is 2.88. The highest BCUT2D eigenvalue weighted by atomic mass is 16.3. The summed E-state index contributed by atoms with van der Waals surface area (Å²) in [5.41, 5.74) is 2.13. The summed E-state index contributed by atoms with van der Waals surface area (Å²) in [6.07, 6.45) is 3.35. The number of aromatic nitrogens is 3. The number of aryl methyl sites for hydroxylation is 1. The minimum absolute atomic E-state index is 0.0690. The van der Waals surface area contributed by atoms with E-state index in [1.54, 1.807) is 25.5 Å². The third kappa shape index (κ3) is 3.46. The van der Waals surface area contributed by atoms with E-state index in [-0.39, 0.29) is 31.3 Å². The Morgan fingerprint density at radius 2 is 1.96 bits per heavy atom. The van der Waals surface area contributed by atoms with Gasteiger partial charge < -0.3 is 10.0 Å².